The lowest BCUT2D eigenvalue weighted by molar-refractivity contribution is -0.141. The molecule has 5 heteroatoms. The van der Waals surface area contributed by atoms with Crippen LogP contribution in [-0.2, 0) is 4.79 Å². The van der Waals surface area contributed by atoms with Crippen molar-refractivity contribution in [3.63, 3.8) is 0 Å². The van der Waals surface area contributed by atoms with Crippen LogP contribution in [0.5, 0.6) is 0 Å². The molecule has 66 valence electrons. The fourth-order valence-electron chi connectivity index (χ4n) is 0.716. The summed E-state index contributed by atoms with van der Waals surface area (Å²) >= 11 is 16.3. The highest BCUT2D eigenvalue weighted by atomic mass is 35.6. The topological polar surface area (TPSA) is 37.3 Å². The first kappa shape index (κ1) is 11.3. The van der Waals surface area contributed by atoms with Crippen LogP contribution in [0, 0.1) is 5.92 Å². The monoisotopic (exact) mass is 218 g/mol. The summed E-state index contributed by atoms with van der Waals surface area (Å²) in [7, 11) is 0. The van der Waals surface area contributed by atoms with E-state index in [1.807, 2.05) is 6.92 Å². The van der Waals surface area contributed by atoms with Crippen molar-refractivity contribution >= 4 is 40.8 Å². The van der Waals surface area contributed by atoms with E-state index in [0.29, 0.717) is 12.8 Å². The van der Waals surface area contributed by atoms with Crippen LogP contribution in [0.25, 0.3) is 0 Å². The Morgan fingerprint density at radius 2 is 2.00 bits per heavy atom. The SMILES string of the molecule is CCCC(C(=O)O)C(Cl)(Cl)Cl. The van der Waals surface area contributed by atoms with Gasteiger partial charge in [0.15, 0.2) is 0 Å². The molecule has 0 aromatic carbocycles. The van der Waals surface area contributed by atoms with Crippen LogP contribution in [-0.4, -0.2) is 14.9 Å². The van der Waals surface area contributed by atoms with Crippen molar-refractivity contribution in [2.75, 3.05) is 0 Å². The highest BCUT2D eigenvalue weighted by Crippen LogP contribution is 2.37. The van der Waals surface area contributed by atoms with Gasteiger partial charge in [-0.25, -0.2) is 0 Å². The van der Waals surface area contributed by atoms with Crippen molar-refractivity contribution < 1.29 is 9.90 Å². The lowest BCUT2D eigenvalue weighted by atomic mass is 10.1. The minimum atomic E-state index is -1.69. The fourth-order valence-corrected chi connectivity index (χ4v) is 1.32. The molecule has 0 spiro atoms. The minimum absolute atomic E-state index is 0.381. The molecular formula is C6H9Cl3O2. The number of aliphatic carboxylic acids is 1. The number of hydrogen-bond acceptors (Lipinski definition) is 1. The molecule has 0 aliphatic rings. The Bertz CT molecular complexity index is 141. The molecule has 0 aliphatic heterocycles. The third kappa shape index (κ3) is 4.04. The van der Waals surface area contributed by atoms with E-state index in [2.05, 4.69) is 0 Å². The summed E-state index contributed by atoms with van der Waals surface area (Å²) in [5, 5.41) is 8.59. The van der Waals surface area contributed by atoms with Crippen LogP contribution < -0.4 is 0 Å². The van der Waals surface area contributed by atoms with E-state index in [1.165, 1.54) is 0 Å². The molecule has 0 bridgehead atoms. The second kappa shape index (κ2) is 4.39. The van der Waals surface area contributed by atoms with Gasteiger partial charge < -0.3 is 5.11 Å². The first-order chi connectivity index (χ1) is 4.89. The van der Waals surface area contributed by atoms with E-state index in [0.717, 1.165) is 0 Å². The summed E-state index contributed by atoms with van der Waals surface area (Å²) in [4.78, 5) is 10.5. The molecule has 1 N–H and O–H groups in total. The van der Waals surface area contributed by atoms with Crippen molar-refractivity contribution in [3.05, 3.63) is 0 Å². The van der Waals surface area contributed by atoms with Crippen LogP contribution in [0.4, 0.5) is 0 Å². The van der Waals surface area contributed by atoms with E-state index in [1.54, 1.807) is 0 Å². The van der Waals surface area contributed by atoms with Gasteiger partial charge in [0.05, 0.1) is 0 Å². The highest BCUT2D eigenvalue weighted by Gasteiger charge is 2.37. The molecule has 0 heterocycles. The average Bonchev–Trinajstić information content (AvgIpc) is 1.79. The minimum Gasteiger partial charge on any atom is -0.481 e. The molecule has 2 nitrogen and oxygen atoms in total. The van der Waals surface area contributed by atoms with E-state index < -0.39 is 15.7 Å². The maximum atomic E-state index is 10.5. The molecule has 11 heavy (non-hydrogen) atoms. The third-order valence-electron chi connectivity index (χ3n) is 1.27. The lowest BCUT2D eigenvalue weighted by Gasteiger charge is -2.18. The normalized spacial score (nSPS) is 14.5. The molecule has 0 rings (SSSR count). The Kier molecular flexibility index (Phi) is 4.52. The van der Waals surface area contributed by atoms with E-state index in [-0.39, 0.29) is 0 Å². The van der Waals surface area contributed by atoms with Crippen LogP contribution in [0.15, 0.2) is 0 Å². The molecule has 0 aromatic heterocycles. The van der Waals surface area contributed by atoms with E-state index in [4.69, 9.17) is 39.9 Å². The van der Waals surface area contributed by atoms with Gasteiger partial charge in [0.25, 0.3) is 0 Å². The van der Waals surface area contributed by atoms with Crippen molar-refractivity contribution in [2.45, 2.75) is 23.6 Å². The second-order valence-corrected chi connectivity index (χ2v) is 4.59. The van der Waals surface area contributed by atoms with Crippen molar-refractivity contribution in [2.24, 2.45) is 5.92 Å². The zero-order valence-corrected chi connectivity index (χ0v) is 8.25. The van der Waals surface area contributed by atoms with Crippen LogP contribution in [0.2, 0.25) is 0 Å². The molecule has 0 aliphatic carbocycles. The number of hydrogen-bond donors (Lipinski definition) is 1. The van der Waals surface area contributed by atoms with E-state index in [9.17, 15) is 4.79 Å². The molecule has 1 atom stereocenters. The number of alkyl halides is 3. The summed E-state index contributed by atoms with van der Waals surface area (Å²) in [6, 6.07) is 0. The van der Waals surface area contributed by atoms with Gasteiger partial charge in [0.1, 0.15) is 5.92 Å². The predicted molar refractivity (Wildman–Crippen MR) is 46.3 cm³/mol. The molecule has 0 aromatic rings. The average molecular weight is 219 g/mol. The van der Waals surface area contributed by atoms with Gasteiger partial charge in [-0.05, 0) is 6.42 Å². The molecule has 0 saturated carbocycles. The second-order valence-electron chi connectivity index (χ2n) is 2.22. The molecule has 0 fully saturated rings. The Hall–Kier alpha value is 0.340. The molecule has 0 amide bonds. The third-order valence-corrected chi connectivity index (χ3v) is 2.06. The molecule has 0 radical (unpaired) electrons. The summed E-state index contributed by atoms with van der Waals surface area (Å²) in [5.74, 6) is -1.97. The highest BCUT2D eigenvalue weighted by molar-refractivity contribution is 6.68. The number of carboxylic acids is 1. The van der Waals surface area contributed by atoms with Crippen molar-refractivity contribution in [1.82, 2.24) is 0 Å². The predicted octanol–water partition coefficient (Wildman–Crippen LogP) is 2.86. The van der Waals surface area contributed by atoms with Gasteiger partial charge in [0.2, 0.25) is 3.79 Å². The first-order valence-electron chi connectivity index (χ1n) is 3.19. The zero-order chi connectivity index (χ0) is 9.07. The number of carbonyl (C=O) groups is 1. The number of halogens is 3. The van der Waals surface area contributed by atoms with Gasteiger partial charge in [0, 0.05) is 0 Å². The largest absolute Gasteiger partial charge is 0.481 e. The molecule has 0 saturated heterocycles. The van der Waals surface area contributed by atoms with Gasteiger partial charge in [-0.1, -0.05) is 48.1 Å². The van der Waals surface area contributed by atoms with Crippen LogP contribution >= 0.6 is 34.8 Å². The standard InChI is InChI=1S/C6H9Cl3O2/c1-2-3-4(5(10)11)6(7,8)9/h4H,2-3H2,1H3,(H,10,11). The molecule has 1 unspecified atom stereocenters. The maximum Gasteiger partial charge on any atom is 0.310 e. The quantitative estimate of drug-likeness (QED) is 0.741. The molecular weight excluding hydrogens is 210 g/mol. The first-order valence-corrected chi connectivity index (χ1v) is 4.32. The van der Waals surface area contributed by atoms with E-state index >= 15 is 0 Å². The lowest BCUT2D eigenvalue weighted by Crippen LogP contribution is -2.27. The van der Waals surface area contributed by atoms with Gasteiger partial charge in [-0.3, -0.25) is 4.79 Å². The van der Waals surface area contributed by atoms with Crippen LogP contribution in [0.3, 0.4) is 0 Å². The summed E-state index contributed by atoms with van der Waals surface area (Å²) in [6.07, 6.45) is 1.07. The Morgan fingerprint density at radius 3 is 2.09 bits per heavy atom. The summed E-state index contributed by atoms with van der Waals surface area (Å²) < 4.78 is -1.69. The van der Waals surface area contributed by atoms with Crippen molar-refractivity contribution in [1.29, 1.82) is 0 Å². The fraction of sp³-hybridized carbons (Fsp3) is 0.833. The van der Waals surface area contributed by atoms with Gasteiger partial charge >= 0.3 is 5.97 Å². The smallest absolute Gasteiger partial charge is 0.310 e. The Balaban J connectivity index is 4.22. The number of rotatable bonds is 3. The summed E-state index contributed by atoms with van der Waals surface area (Å²) in [5.41, 5.74) is 0. The van der Waals surface area contributed by atoms with Crippen molar-refractivity contribution in [3.8, 4) is 0 Å². The maximum absolute atomic E-state index is 10.5. The Morgan fingerprint density at radius 1 is 1.55 bits per heavy atom. The number of carboxylic acid groups (broad SMARTS) is 1. The Labute approximate surface area is 80.4 Å². The van der Waals surface area contributed by atoms with Gasteiger partial charge in [-0.15, -0.1) is 0 Å². The zero-order valence-electron chi connectivity index (χ0n) is 5.98. The van der Waals surface area contributed by atoms with Gasteiger partial charge in [-0.2, -0.15) is 0 Å². The summed E-state index contributed by atoms with van der Waals surface area (Å²) in [6.45, 7) is 1.84. The van der Waals surface area contributed by atoms with Crippen LogP contribution in [0.1, 0.15) is 19.8 Å².